The van der Waals surface area contributed by atoms with Gasteiger partial charge in [0.25, 0.3) is 0 Å². The van der Waals surface area contributed by atoms with Crippen LogP contribution in [0.3, 0.4) is 0 Å². The van der Waals surface area contributed by atoms with Gasteiger partial charge in [0.15, 0.2) is 5.82 Å². The summed E-state index contributed by atoms with van der Waals surface area (Å²) >= 11 is 0. The molecule has 1 aromatic heterocycles. The third-order valence-corrected chi connectivity index (χ3v) is 6.47. The summed E-state index contributed by atoms with van der Waals surface area (Å²) in [6.45, 7) is 0.592. The Balaban J connectivity index is 1.38. The summed E-state index contributed by atoms with van der Waals surface area (Å²) in [5.41, 5.74) is 1.89. The fraction of sp³-hybridized carbons (Fsp3) is 0.333. The number of nitrogens with one attached hydrogen (secondary N) is 1. The van der Waals surface area contributed by atoms with E-state index in [1.807, 2.05) is 67.7 Å². The summed E-state index contributed by atoms with van der Waals surface area (Å²) < 4.78 is 33.4. The van der Waals surface area contributed by atoms with Gasteiger partial charge >= 0.3 is 0 Å². The summed E-state index contributed by atoms with van der Waals surface area (Å²) in [4.78, 5) is 6.59. The van der Waals surface area contributed by atoms with Crippen LogP contribution in [-0.4, -0.2) is 43.1 Å². The van der Waals surface area contributed by atoms with Gasteiger partial charge in [-0.3, -0.25) is 4.90 Å². The Kier molecular flexibility index (Phi) is 5.75. The molecule has 0 aliphatic carbocycles. The van der Waals surface area contributed by atoms with Crippen molar-refractivity contribution in [1.82, 2.24) is 19.8 Å². The van der Waals surface area contributed by atoms with E-state index in [0.29, 0.717) is 31.1 Å². The summed E-state index contributed by atoms with van der Waals surface area (Å²) in [6.07, 6.45) is 1.20. The number of benzene rings is 2. The minimum absolute atomic E-state index is 0.0273. The molecule has 1 aliphatic heterocycles. The third-order valence-electron chi connectivity index (χ3n) is 5.07. The molecule has 1 N–H and O–H groups in total. The maximum atomic E-state index is 12.5. The average Bonchev–Trinajstić information content (AvgIpc) is 3.28. The molecule has 152 valence electrons. The molecule has 7 nitrogen and oxygen atoms in total. The van der Waals surface area contributed by atoms with Crippen molar-refractivity contribution in [3.05, 3.63) is 83.5 Å². The van der Waals surface area contributed by atoms with Gasteiger partial charge in [0.1, 0.15) is 0 Å². The fourth-order valence-electron chi connectivity index (χ4n) is 3.72. The number of likely N-dealkylation sites (tertiary alicyclic amines) is 1. The maximum Gasteiger partial charge on any atom is 0.244 e. The number of likely N-dealkylation sites (N-methyl/N-ethyl adjacent to an activating group) is 1. The lowest BCUT2D eigenvalue weighted by atomic mass is 10.1. The highest BCUT2D eigenvalue weighted by molar-refractivity contribution is 7.88. The minimum atomic E-state index is -3.43. The molecule has 29 heavy (non-hydrogen) atoms. The van der Waals surface area contributed by atoms with Crippen LogP contribution in [0.4, 0.5) is 0 Å². The van der Waals surface area contributed by atoms with Gasteiger partial charge in [-0.2, -0.15) is 4.98 Å². The van der Waals surface area contributed by atoms with Crippen molar-refractivity contribution in [2.24, 2.45) is 0 Å². The Morgan fingerprint density at radius 3 is 2.41 bits per heavy atom. The van der Waals surface area contributed by atoms with Gasteiger partial charge in [0.05, 0.1) is 11.8 Å². The van der Waals surface area contributed by atoms with Crippen LogP contribution in [0.15, 0.2) is 65.2 Å². The van der Waals surface area contributed by atoms with Gasteiger partial charge < -0.3 is 4.52 Å². The van der Waals surface area contributed by atoms with E-state index in [1.54, 1.807) is 0 Å². The van der Waals surface area contributed by atoms with E-state index in [2.05, 4.69) is 19.8 Å². The van der Waals surface area contributed by atoms with Crippen LogP contribution in [0, 0.1) is 0 Å². The lowest BCUT2D eigenvalue weighted by Crippen LogP contribution is -2.37. The molecule has 2 atom stereocenters. The lowest BCUT2D eigenvalue weighted by molar-refractivity contribution is 0.244. The first-order valence-corrected chi connectivity index (χ1v) is 11.2. The fourth-order valence-corrected chi connectivity index (χ4v) is 5.11. The largest absolute Gasteiger partial charge is 0.338 e. The van der Waals surface area contributed by atoms with Gasteiger partial charge in [-0.05, 0) is 24.6 Å². The zero-order valence-electron chi connectivity index (χ0n) is 16.2. The molecule has 2 aromatic carbocycles. The first-order valence-electron chi connectivity index (χ1n) is 9.59. The van der Waals surface area contributed by atoms with Crippen LogP contribution in [0.25, 0.3) is 0 Å². The predicted octanol–water partition coefficient (Wildman–Crippen LogP) is 2.53. The highest BCUT2D eigenvalue weighted by Gasteiger charge is 2.36. The molecule has 0 radical (unpaired) electrons. The molecule has 0 amide bonds. The molecule has 1 saturated heterocycles. The monoisotopic (exact) mass is 412 g/mol. The highest BCUT2D eigenvalue weighted by Crippen LogP contribution is 2.30. The van der Waals surface area contributed by atoms with Crippen LogP contribution < -0.4 is 4.72 Å². The molecule has 0 spiro atoms. The van der Waals surface area contributed by atoms with Crippen molar-refractivity contribution in [2.75, 3.05) is 13.6 Å². The summed E-state index contributed by atoms with van der Waals surface area (Å²) in [7, 11) is -1.48. The van der Waals surface area contributed by atoms with Crippen molar-refractivity contribution in [2.45, 2.75) is 30.7 Å². The quantitative estimate of drug-likeness (QED) is 0.642. The van der Waals surface area contributed by atoms with Gasteiger partial charge in [-0.25, -0.2) is 13.1 Å². The van der Waals surface area contributed by atoms with E-state index in [9.17, 15) is 8.42 Å². The van der Waals surface area contributed by atoms with Crippen LogP contribution >= 0.6 is 0 Å². The average molecular weight is 413 g/mol. The summed E-state index contributed by atoms with van der Waals surface area (Å²) in [6, 6.07) is 18.9. The number of hydrogen-bond acceptors (Lipinski definition) is 6. The lowest BCUT2D eigenvalue weighted by Gasteiger charge is -2.14. The number of nitrogens with zero attached hydrogens (tertiary/aromatic N) is 3. The highest BCUT2D eigenvalue weighted by atomic mass is 32.2. The predicted molar refractivity (Wildman–Crippen MR) is 110 cm³/mol. The standard InChI is InChI=1S/C21H24N4O3S/c1-25-14-18(24-29(26,27)15-17-10-6-3-7-11-17)13-19(25)21-22-20(23-28-21)12-16-8-4-2-5-9-16/h2-11,18-19,24H,12-15H2,1H3. The van der Waals surface area contributed by atoms with Crippen molar-refractivity contribution < 1.29 is 12.9 Å². The molecule has 1 fully saturated rings. The van der Waals surface area contributed by atoms with E-state index in [0.717, 1.165) is 11.1 Å². The van der Waals surface area contributed by atoms with Crippen molar-refractivity contribution in [1.29, 1.82) is 0 Å². The Morgan fingerprint density at radius 2 is 1.72 bits per heavy atom. The number of aromatic nitrogens is 2. The molecule has 1 aliphatic rings. The number of sulfonamides is 1. The van der Waals surface area contributed by atoms with Gasteiger partial charge in [-0.1, -0.05) is 65.8 Å². The molecule has 0 saturated carbocycles. The van der Waals surface area contributed by atoms with Crippen molar-refractivity contribution in [3.63, 3.8) is 0 Å². The molecular weight excluding hydrogens is 388 g/mol. The Hall–Kier alpha value is -2.55. The molecule has 3 aromatic rings. The molecule has 8 heteroatoms. The van der Waals surface area contributed by atoms with Gasteiger partial charge in [-0.15, -0.1) is 0 Å². The van der Waals surface area contributed by atoms with E-state index in [-0.39, 0.29) is 17.8 Å². The van der Waals surface area contributed by atoms with Crippen LogP contribution in [0.1, 0.15) is 35.3 Å². The molecule has 4 rings (SSSR count). The number of hydrogen-bond donors (Lipinski definition) is 1. The van der Waals surface area contributed by atoms with Gasteiger partial charge in [0, 0.05) is 19.0 Å². The molecule has 2 unspecified atom stereocenters. The molecular formula is C21H24N4O3S. The van der Waals surface area contributed by atoms with E-state index in [4.69, 9.17) is 4.52 Å². The van der Waals surface area contributed by atoms with Crippen LogP contribution in [0.5, 0.6) is 0 Å². The summed E-state index contributed by atoms with van der Waals surface area (Å²) in [5.74, 6) is 1.14. The topological polar surface area (TPSA) is 88.3 Å². The first-order chi connectivity index (χ1) is 14.0. The van der Waals surface area contributed by atoms with Crippen LogP contribution in [-0.2, 0) is 22.2 Å². The second kappa shape index (κ2) is 8.44. The Labute approximate surface area is 170 Å². The normalized spacial score (nSPS) is 20.2. The summed E-state index contributed by atoms with van der Waals surface area (Å²) in [5, 5.41) is 4.09. The Morgan fingerprint density at radius 1 is 1.07 bits per heavy atom. The van der Waals surface area contributed by atoms with Gasteiger partial charge in [0.2, 0.25) is 15.9 Å². The van der Waals surface area contributed by atoms with Crippen molar-refractivity contribution >= 4 is 10.0 Å². The minimum Gasteiger partial charge on any atom is -0.338 e. The van der Waals surface area contributed by atoms with E-state index < -0.39 is 10.0 Å². The zero-order valence-corrected chi connectivity index (χ0v) is 17.0. The second-order valence-electron chi connectivity index (χ2n) is 7.46. The zero-order chi connectivity index (χ0) is 20.3. The van der Waals surface area contributed by atoms with Crippen molar-refractivity contribution in [3.8, 4) is 0 Å². The van der Waals surface area contributed by atoms with Crippen LogP contribution in [0.2, 0.25) is 0 Å². The van der Waals surface area contributed by atoms with E-state index in [1.165, 1.54) is 0 Å². The number of rotatable bonds is 7. The SMILES string of the molecule is CN1CC(NS(=O)(=O)Cc2ccccc2)CC1c1nc(Cc2ccccc2)no1. The molecule has 2 heterocycles. The molecule has 0 bridgehead atoms. The second-order valence-corrected chi connectivity index (χ2v) is 9.22. The smallest absolute Gasteiger partial charge is 0.244 e. The van der Waals surface area contributed by atoms with E-state index >= 15 is 0 Å². The third kappa shape index (κ3) is 5.09. The first kappa shape index (κ1) is 19.8. The maximum absolute atomic E-state index is 12.5. The Bertz CT molecular complexity index is 1040.